The second-order valence-corrected chi connectivity index (χ2v) is 6.35. The molecule has 21 heavy (non-hydrogen) atoms. The lowest BCUT2D eigenvalue weighted by atomic mass is 9.93. The van der Waals surface area contributed by atoms with Crippen LogP contribution in [0.15, 0.2) is 12.3 Å². The van der Waals surface area contributed by atoms with Gasteiger partial charge in [0.05, 0.1) is 12.3 Å². The van der Waals surface area contributed by atoms with Crippen LogP contribution in [-0.4, -0.2) is 21.0 Å². The van der Waals surface area contributed by atoms with Crippen molar-refractivity contribution in [1.29, 1.82) is 0 Å². The summed E-state index contributed by atoms with van der Waals surface area (Å²) in [5, 5.41) is -3.56. The van der Waals surface area contributed by atoms with Crippen molar-refractivity contribution in [2.75, 3.05) is 6.61 Å². The Balaban J connectivity index is 2.62. The maximum Gasteiger partial charge on any atom is 0.365 e. The van der Waals surface area contributed by atoms with Crippen molar-refractivity contribution in [3.63, 3.8) is 0 Å². The van der Waals surface area contributed by atoms with Gasteiger partial charge in [-0.3, -0.25) is 4.40 Å². The number of aromatic nitrogens is 3. The number of imidazole rings is 1. The van der Waals surface area contributed by atoms with Gasteiger partial charge in [0.1, 0.15) is 11.3 Å². The molecule has 2 aromatic heterocycles. The second-order valence-electron chi connectivity index (χ2n) is 5.87. The van der Waals surface area contributed by atoms with Gasteiger partial charge in [-0.1, -0.05) is 27.7 Å². The zero-order chi connectivity index (χ0) is 15.8. The van der Waals surface area contributed by atoms with E-state index in [4.69, 9.17) is 16.3 Å². The van der Waals surface area contributed by atoms with Gasteiger partial charge >= 0.3 is 11.4 Å². The smallest absolute Gasteiger partial charge is 0.365 e. The lowest BCUT2D eigenvalue weighted by Crippen LogP contribution is -2.11. The molecule has 0 radical (unpaired) electrons. The van der Waals surface area contributed by atoms with Crippen LogP contribution in [0.25, 0.3) is 5.65 Å². The van der Waals surface area contributed by atoms with E-state index < -0.39 is 11.1 Å². The Morgan fingerprint density at radius 1 is 1.24 bits per heavy atom. The van der Waals surface area contributed by atoms with Gasteiger partial charge < -0.3 is 4.74 Å². The highest BCUT2D eigenvalue weighted by atomic mass is 35.5. The average Bonchev–Trinajstić information content (AvgIpc) is 2.78. The zero-order valence-electron chi connectivity index (χ0n) is 12.5. The summed E-state index contributed by atoms with van der Waals surface area (Å²) in [7, 11) is 0. The van der Waals surface area contributed by atoms with Gasteiger partial charge in [0.2, 0.25) is 0 Å². The van der Waals surface area contributed by atoms with Gasteiger partial charge in [-0.25, -0.2) is 4.98 Å². The van der Waals surface area contributed by atoms with Gasteiger partial charge in [0.25, 0.3) is 0 Å². The Morgan fingerprint density at radius 2 is 1.90 bits per heavy atom. The number of hydrogen-bond acceptors (Lipinski definition) is 3. The highest BCUT2D eigenvalue weighted by Gasteiger charge is 2.32. The van der Waals surface area contributed by atoms with Crippen LogP contribution in [0, 0.1) is 0 Å². The minimum Gasteiger partial charge on any atom is -0.464 e. The third-order valence-corrected chi connectivity index (χ3v) is 3.11. The molecule has 0 bridgehead atoms. The molecule has 0 atom stereocenters. The molecule has 116 valence electrons. The van der Waals surface area contributed by atoms with Crippen molar-refractivity contribution in [2.45, 2.75) is 44.9 Å². The molecule has 0 spiro atoms. The van der Waals surface area contributed by atoms with E-state index in [-0.39, 0.29) is 11.4 Å². The maximum absolute atomic E-state index is 13.3. The number of halogens is 3. The highest BCUT2D eigenvalue weighted by Crippen LogP contribution is 2.33. The first kappa shape index (κ1) is 15.9. The SMILES string of the molecule is CCCOc1nc(C(F)(F)Cl)cc2nc(C(C)(C)C)cn12. The Morgan fingerprint density at radius 3 is 2.43 bits per heavy atom. The highest BCUT2D eigenvalue weighted by molar-refractivity contribution is 6.21. The second kappa shape index (κ2) is 5.40. The van der Waals surface area contributed by atoms with Crippen LogP contribution < -0.4 is 4.74 Å². The summed E-state index contributed by atoms with van der Waals surface area (Å²) in [6.07, 6.45) is 2.50. The molecule has 0 N–H and O–H groups in total. The number of hydrogen-bond donors (Lipinski definition) is 0. The van der Waals surface area contributed by atoms with Gasteiger partial charge in [0, 0.05) is 17.7 Å². The molecule has 0 aliphatic heterocycles. The molecule has 0 aliphatic rings. The number of fused-ring (bicyclic) bond motifs is 1. The van der Waals surface area contributed by atoms with E-state index in [1.807, 2.05) is 27.7 Å². The Bertz CT molecular complexity index is 644. The lowest BCUT2D eigenvalue weighted by Gasteiger charge is -2.13. The molecule has 4 nitrogen and oxygen atoms in total. The van der Waals surface area contributed by atoms with Gasteiger partial charge in [0.15, 0.2) is 0 Å². The molecular formula is C14H18ClF2N3O. The van der Waals surface area contributed by atoms with Crippen LogP contribution in [0.4, 0.5) is 8.78 Å². The number of nitrogens with zero attached hydrogens (tertiary/aromatic N) is 3. The van der Waals surface area contributed by atoms with Crippen LogP contribution in [0.5, 0.6) is 6.01 Å². The van der Waals surface area contributed by atoms with Crippen molar-refractivity contribution in [3.8, 4) is 6.01 Å². The minimum atomic E-state index is -3.56. The monoisotopic (exact) mass is 317 g/mol. The molecule has 7 heteroatoms. The quantitative estimate of drug-likeness (QED) is 0.797. The summed E-state index contributed by atoms with van der Waals surface area (Å²) in [5.41, 5.74) is 0.336. The molecule has 0 unspecified atom stereocenters. The Hall–Kier alpha value is -1.43. The van der Waals surface area contributed by atoms with Crippen molar-refractivity contribution in [2.24, 2.45) is 0 Å². The third-order valence-electron chi connectivity index (χ3n) is 2.92. The summed E-state index contributed by atoms with van der Waals surface area (Å²) in [5.74, 6) is 0. The molecule has 0 saturated heterocycles. The molecule has 0 aliphatic carbocycles. The fraction of sp³-hybridized carbons (Fsp3) is 0.571. The van der Waals surface area contributed by atoms with Crippen molar-refractivity contribution < 1.29 is 13.5 Å². The van der Waals surface area contributed by atoms with E-state index >= 15 is 0 Å². The van der Waals surface area contributed by atoms with E-state index in [0.29, 0.717) is 12.3 Å². The van der Waals surface area contributed by atoms with Gasteiger partial charge in [-0.2, -0.15) is 13.8 Å². The number of alkyl halides is 3. The van der Waals surface area contributed by atoms with Crippen LogP contribution in [-0.2, 0) is 10.8 Å². The third kappa shape index (κ3) is 3.43. The van der Waals surface area contributed by atoms with Gasteiger partial charge in [-0.15, -0.1) is 0 Å². The summed E-state index contributed by atoms with van der Waals surface area (Å²) < 4.78 is 33.7. The van der Waals surface area contributed by atoms with Crippen LogP contribution in [0.2, 0.25) is 0 Å². The standard InChI is InChI=1S/C14H18ClF2N3O/c1-5-6-21-12-19-9(14(15,16)17)7-11-18-10(8-20(11)12)13(2,3)4/h7-8H,5-6H2,1-4H3. The molecule has 0 aromatic carbocycles. The Labute approximate surface area is 127 Å². The molecule has 0 saturated carbocycles. The lowest BCUT2D eigenvalue weighted by molar-refractivity contribution is 0.0886. The topological polar surface area (TPSA) is 39.4 Å². The molecule has 2 aromatic rings. The normalized spacial score (nSPS) is 12.9. The van der Waals surface area contributed by atoms with E-state index in [9.17, 15) is 8.78 Å². The molecule has 2 heterocycles. The van der Waals surface area contributed by atoms with E-state index in [0.717, 1.165) is 12.1 Å². The van der Waals surface area contributed by atoms with Crippen molar-refractivity contribution in [1.82, 2.24) is 14.4 Å². The predicted octanol–water partition coefficient (Wildman–Crippen LogP) is 4.10. The predicted molar refractivity (Wildman–Crippen MR) is 77.2 cm³/mol. The zero-order valence-corrected chi connectivity index (χ0v) is 13.2. The van der Waals surface area contributed by atoms with Crippen LogP contribution in [0.1, 0.15) is 45.5 Å². The largest absolute Gasteiger partial charge is 0.464 e. The maximum atomic E-state index is 13.3. The number of ether oxygens (including phenoxy) is 1. The Kier molecular flexibility index (Phi) is 4.10. The first-order valence-electron chi connectivity index (χ1n) is 6.73. The molecule has 0 fully saturated rings. The van der Waals surface area contributed by atoms with Gasteiger partial charge in [-0.05, 0) is 18.0 Å². The molecule has 0 amide bonds. The van der Waals surface area contributed by atoms with E-state index in [1.54, 1.807) is 10.6 Å². The summed E-state index contributed by atoms with van der Waals surface area (Å²) in [6, 6.07) is 1.26. The first-order chi connectivity index (χ1) is 9.63. The molecule has 2 rings (SSSR count). The average molecular weight is 318 g/mol. The van der Waals surface area contributed by atoms with Crippen molar-refractivity contribution in [3.05, 3.63) is 23.7 Å². The fourth-order valence-corrected chi connectivity index (χ4v) is 1.86. The van der Waals surface area contributed by atoms with E-state index in [2.05, 4.69) is 9.97 Å². The minimum absolute atomic E-state index is 0.0766. The summed E-state index contributed by atoms with van der Waals surface area (Å²) in [4.78, 5) is 8.20. The first-order valence-corrected chi connectivity index (χ1v) is 7.11. The number of rotatable bonds is 4. The molecular weight excluding hydrogens is 300 g/mol. The van der Waals surface area contributed by atoms with E-state index in [1.165, 1.54) is 6.07 Å². The fourth-order valence-electron chi connectivity index (χ4n) is 1.76. The summed E-state index contributed by atoms with van der Waals surface area (Å²) in [6.45, 7) is 8.28. The van der Waals surface area contributed by atoms with Crippen LogP contribution >= 0.6 is 11.6 Å². The summed E-state index contributed by atoms with van der Waals surface area (Å²) >= 11 is 5.07. The van der Waals surface area contributed by atoms with Crippen LogP contribution in [0.3, 0.4) is 0 Å². The van der Waals surface area contributed by atoms with Crippen molar-refractivity contribution >= 4 is 17.2 Å².